The summed E-state index contributed by atoms with van der Waals surface area (Å²) in [5.74, 6) is -6.81. The minimum atomic E-state index is -4.88. The number of carbonyl (C=O) groups is 1. The van der Waals surface area contributed by atoms with Gasteiger partial charge in [-0.1, -0.05) is 13.0 Å². The molecule has 2 aromatic rings. The first-order valence-electron chi connectivity index (χ1n) is 12.5. The average molecular weight is 560 g/mol. The summed E-state index contributed by atoms with van der Waals surface area (Å²) in [4.78, 5) is 19.2. The summed E-state index contributed by atoms with van der Waals surface area (Å²) in [7, 11) is 0. The molecule has 1 amide bonds. The zero-order valence-electron chi connectivity index (χ0n) is 21.4. The third-order valence-corrected chi connectivity index (χ3v) is 7.37. The highest BCUT2D eigenvalue weighted by atomic mass is 19.4. The van der Waals surface area contributed by atoms with Gasteiger partial charge in [-0.2, -0.15) is 17.6 Å². The van der Waals surface area contributed by atoms with Crippen LogP contribution in [0.3, 0.4) is 0 Å². The summed E-state index contributed by atoms with van der Waals surface area (Å²) in [5, 5.41) is 11.8. The molecule has 13 heteroatoms. The largest absolute Gasteiger partial charge is 0.489 e. The van der Waals surface area contributed by atoms with Gasteiger partial charge in [-0.3, -0.25) is 14.7 Å². The number of rotatable bonds is 8. The fraction of sp³-hybridized carbons (Fsp3) is 0.538. The molecule has 0 radical (unpaired) electrons. The Morgan fingerprint density at radius 2 is 1.97 bits per heavy atom. The van der Waals surface area contributed by atoms with Gasteiger partial charge in [0.2, 0.25) is 5.82 Å². The van der Waals surface area contributed by atoms with Crippen LogP contribution in [0, 0.1) is 17.6 Å². The van der Waals surface area contributed by atoms with Crippen LogP contribution in [0.4, 0.5) is 27.6 Å². The maximum atomic E-state index is 15.1. The fourth-order valence-corrected chi connectivity index (χ4v) is 4.94. The number of hydrogen-bond acceptors (Lipinski definition) is 7. The van der Waals surface area contributed by atoms with Gasteiger partial charge >= 0.3 is 6.18 Å². The van der Waals surface area contributed by atoms with Crippen molar-refractivity contribution in [2.45, 2.75) is 44.3 Å². The maximum Gasteiger partial charge on any atom is 0.417 e. The maximum absolute atomic E-state index is 15.1. The van der Waals surface area contributed by atoms with E-state index in [1.165, 1.54) is 25.3 Å². The van der Waals surface area contributed by atoms with Gasteiger partial charge in [0.25, 0.3) is 5.91 Å². The molecule has 3 heterocycles. The van der Waals surface area contributed by atoms with Crippen molar-refractivity contribution in [1.29, 1.82) is 0 Å². The van der Waals surface area contributed by atoms with E-state index in [1.54, 1.807) is 0 Å². The number of morpholine rings is 1. The van der Waals surface area contributed by atoms with E-state index in [1.807, 2.05) is 4.90 Å². The van der Waals surface area contributed by atoms with Gasteiger partial charge in [0.1, 0.15) is 12.7 Å². The quantitative estimate of drug-likeness (QED) is 0.477. The number of amides is 1. The minimum Gasteiger partial charge on any atom is -0.489 e. The molecule has 1 aromatic heterocycles. The van der Waals surface area contributed by atoms with Gasteiger partial charge in [0.05, 0.1) is 25.5 Å². The lowest BCUT2D eigenvalue weighted by Gasteiger charge is -2.32. The molecular formula is C26H30F5N3O5. The predicted octanol–water partition coefficient (Wildman–Crippen LogP) is 3.64. The number of aromatic nitrogens is 1. The Balaban J connectivity index is 1.68. The second-order valence-electron chi connectivity index (χ2n) is 9.72. The number of ether oxygens (including phenoxy) is 3. The lowest BCUT2D eigenvalue weighted by molar-refractivity contribution is -0.272. The normalized spacial score (nSPS) is 26.0. The van der Waals surface area contributed by atoms with Gasteiger partial charge in [-0.05, 0) is 25.1 Å². The van der Waals surface area contributed by atoms with Gasteiger partial charge < -0.3 is 24.6 Å². The highest BCUT2D eigenvalue weighted by Gasteiger charge is 2.66. The van der Waals surface area contributed by atoms with E-state index in [0.29, 0.717) is 32.8 Å². The monoisotopic (exact) mass is 559 g/mol. The van der Waals surface area contributed by atoms with Crippen LogP contribution in [-0.4, -0.2) is 78.2 Å². The third-order valence-electron chi connectivity index (χ3n) is 7.37. The Labute approximate surface area is 222 Å². The van der Waals surface area contributed by atoms with Crippen LogP contribution in [0.25, 0.3) is 0 Å². The van der Waals surface area contributed by atoms with E-state index in [4.69, 9.17) is 14.2 Å². The molecule has 2 aliphatic heterocycles. The number of aliphatic hydroxyl groups excluding tert-OH is 1. The number of anilines is 1. The lowest BCUT2D eigenvalue weighted by Crippen LogP contribution is -2.47. The SMILES string of the molecule is C[C@H]1[C@@H](c2ccc(F)c(F)c2OCCN2CCOCC2)[C@H](C(=O)Nc2ccnc(CO)c2)O[C@@]1(C)C(F)(F)F. The second-order valence-corrected chi connectivity index (χ2v) is 9.72. The van der Waals surface area contributed by atoms with Crippen LogP contribution < -0.4 is 10.1 Å². The first-order chi connectivity index (χ1) is 18.5. The molecule has 2 fully saturated rings. The van der Waals surface area contributed by atoms with Crippen LogP contribution in [0.15, 0.2) is 30.5 Å². The number of benzene rings is 1. The fourth-order valence-electron chi connectivity index (χ4n) is 4.94. The molecule has 0 aliphatic carbocycles. The molecule has 1 aromatic carbocycles. The molecule has 2 saturated heterocycles. The van der Waals surface area contributed by atoms with Crippen molar-refractivity contribution >= 4 is 11.6 Å². The Morgan fingerprint density at radius 1 is 1.26 bits per heavy atom. The van der Waals surface area contributed by atoms with E-state index in [0.717, 1.165) is 19.1 Å². The highest BCUT2D eigenvalue weighted by molar-refractivity contribution is 5.95. The van der Waals surface area contributed by atoms with Crippen molar-refractivity contribution in [1.82, 2.24) is 9.88 Å². The molecule has 4 rings (SSSR count). The third kappa shape index (κ3) is 6.01. The van der Waals surface area contributed by atoms with Gasteiger partial charge in [-0.15, -0.1) is 0 Å². The first kappa shape index (κ1) is 29.1. The molecule has 2 aliphatic rings. The Hall–Kier alpha value is -2.87. The molecule has 0 bridgehead atoms. The Bertz CT molecular complexity index is 1180. The summed E-state index contributed by atoms with van der Waals surface area (Å²) >= 11 is 0. The number of pyridine rings is 1. The van der Waals surface area contributed by atoms with Crippen LogP contribution in [0.5, 0.6) is 5.75 Å². The number of alkyl halides is 3. The number of carbonyl (C=O) groups excluding carboxylic acids is 1. The summed E-state index contributed by atoms with van der Waals surface area (Å²) in [5.41, 5.74) is -2.49. The van der Waals surface area contributed by atoms with Crippen LogP contribution in [-0.2, 0) is 20.9 Å². The number of halogens is 5. The number of hydrogen-bond donors (Lipinski definition) is 2. The second kappa shape index (κ2) is 11.7. The number of aliphatic hydroxyl groups is 1. The van der Waals surface area contributed by atoms with Gasteiger partial charge in [0, 0.05) is 48.9 Å². The van der Waals surface area contributed by atoms with Gasteiger partial charge in [0.15, 0.2) is 17.2 Å². The van der Waals surface area contributed by atoms with Crippen LogP contribution in [0.1, 0.15) is 31.0 Å². The van der Waals surface area contributed by atoms with E-state index in [2.05, 4.69) is 10.3 Å². The van der Waals surface area contributed by atoms with Crippen LogP contribution >= 0.6 is 0 Å². The first-order valence-corrected chi connectivity index (χ1v) is 12.5. The smallest absolute Gasteiger partial charge is 0.417 e. The molecule has 0 spiro atoms. The number of nitrogens with zero attached hydrogens (tertiary/aromatic N) is 2. The molecule has 0 saturated carbocycles. The molecule has 4 atom stereocenters. The highest BCUT2D eigenvalue weighted by Crippen LogP contribution is 2.55. The zero-order chi connectivity index (χ0) is 28.4. The zero-order valence-corrected chi connectivity index (χ0v) is 21.4. The summed E-state index contributed by atoms with van der Waals surface area (Å²) < 4.78 is 88.4. The lowest BCUT2D eigenvalue weighted by atomic mass is 9.77. The van der Waals surface area contributed by atoms with Crippen molar-refractivity contribution in [3.63, 3.8) is 0 Å². The van der Waals surface area contributed by atoms with E-state index in [-0.39, 0.29) is 23.6 Å². The topological polar surface area (TPSA) is 93.2 Å². The Morgan fingerprint density at radius 3 is 2.64 bits per heavy atom. The Kier molecular flexibility index (Phi) is 8.74. The molecule has 214 valence electrons. The van der Waals surface area contributed by atoms with E-state index in [9.17, 15) is 27.5 Å². The molecule has 8 nitrogen and oxygen atoms in total. The molecule has 39 heavy (non-hydrogen) atoms. The van der Waals surface area contributed by atoms with Crippen molar-refractivity contribution in [3.05, 3.63) is 53.4 Å². The van der Waals surface area contributed by atoms with Crippen LogP contribution in [0.2, 0.25) is 0 Å². The average Bonchev–Trinajstić information content (AvgIpc) is 3.19. The van der Waals surface area contributed by atoms with Crippen molar-refractivity contribution in [2.24, 2.45) is 5.92 Å². The molecule has 2 N–H and O–H groups in total. The molecule has 0 unspecified atom stereocenters. The van der Waals surface area contributed by atoms with Crippen molar-refractivity contribution < 1.29 is 46.1 Å². The standard InChI is InChI=1S/C26H30F5N3O5/c1-15-20(18-3-4-19(27)21(28)22(18)38-12-9-34-7-10-37-11-8-34)23(39-25(15,2)26(29,30)31)24(36)33-16-5-6-32-17(13-16)14-35/h3-6,13,15,20,23,35H,7-12,14H2,1-2H3,(H,32,33,36)/t15-,20-,23+,25+/m0/s1. The summed E-state index contributed by atoms with van der Waals surface area (Å²) in [6.07, 6.45) is -5.30. The van der Waals surface area contributed by atoms with E-state index >= 15 is 4.39 Å². The molecular weight excluding hydrogens is 529 g/mol. The van der Waals surface area contributed by atoms with Crippen molar-refractivity contribution in [3.8, 4) is 5.75 Å². The van der Waals surface area contributed by atoms with Crippen molar-refractivity contribution in [2.75, 3.05) is 44.8 Å². The van der Waals surface area contributed by atoms with Gasteiger partial charge in [-0.25, -0.2) is 4.39 Å². The van der Waals surface area contributed by atoms with E-state index < -0.39 is 59.6 Å². The summed E-state index contributed by atoms with van der Waals surface area (Å²) in [6.45, 7) is 4.21. The summed E-state index contributed by atoms with van der Waals surface area (Å²) in [6, 6.07) is 4.67. The number of nitrogens with one attached hydrogen (secondary N) is 1. The predicted molar refractivity (Wildman–Crippen MR) is 129 cm³/mol. The minimum absolute atomic E-state index is 0.0658.